The number of hydrogen-bond donors (Lipinski definition) is 1. The predicted molar refractivity (Wildman–Crippen MR) is 92.8 cm³/mol. The molecule has 0 saturated heterocycles. The lowest BCUT2D eigenvalue weighted by atomic mass is 9.98. The summed E-state index contributed by atoms with van der Waals surface area (Å²) in [6.45, 7) is 3.44. The van der Waals surface area contributed by atoms with E-state index in [1.54, 1.807) is 6.92 Å². The van der Waals surface area contributed by atoms with E-state index in [1.807, 2.05) is 23.1 Å². The molecule has 0 spiro atoms. The summed E-state index contributed by atoms with van der Waals surface area (Å²) in [6.07, 6.45) is 3.05. The molecule has 0 unspecified atom stereocenters. The Balaban J connectivity index is 1.57. The maximum absolute atomic E-state index is 12.2. The average molecular weight is 344 g/mol. The highest BCUT2D eigenvalue weighted by Gasteiger charge is 2.34. The molecule has 1 aliphatic carbocycles. The Morgan fingerprint density at radius 2 is 2.00 bits per heavy atom. The summed E-state index contributed by atoms with van der Waals surface area (Å²) >= 11 is 0. The van der Waals surface area contributed by atoms with Crippen molar-refractivity contribution in [3.63, 3.8) is 0 Å². The molecule has 3 rings (SSSR count). The van der Waals surface area contributed by atoms with Gasteiger partial charge in [-0.3, -0.25) is 14.4 Å². The van der Waals surface area contributed by atoms with E-state index in [9.17, 15) is 14.4 Å². The first kappa shape index (κ1) is 17.5. The van der Waals surface area contributed by atoms with Crippen molar-refractivity contribution < 1.29 is 19.1 Å². The lowest BCUT2D eigenvalue weighted by molar-refractivity contribution is -0.144. The van der Waals surface area contributed by atoms with Crippen LogP contribution in [-0.4, -0.2) is 35.8 Å². The zero-order chi connectivity index (χ0) is 17.8. The number of nitrogens with zero attached hydrogens (tertiary/aromatic N) is 1. The molecule has 25 heavy (non-hydrogen) atoms. The first-order chi connectivity index (χ1) is 12.1. The molecule has 1 fully saturated rings. The van der Waals surface area contributed by atoms with Gasteiger partial charge in [0.15, 0.2) is 0 Å². The Labute approximate surface area is 147 Å². The molecule has 0 radical (unpaired) electrons. The third kappa shape index (κ3) is 4.59. The molecule has 6 heteroatoms. The molecule has 1 heterocycles. The molecular weight excluding hydrogens is 320 g/mol. The van der Waals surface area contributed by atoms with Crippen LogP contribution in [0.1, 0.15) is 43.7 Å². The van der Waals surface area contributed by atoms with Crippen LogP contribution < -0.4 is 5.32 Å². The minimum absolute atomic E-state index is 0.0777. The molecule has 2 amide bonds. The number of nitrogens with one attached hydrogen (secondary N) is 1. The normalized spacial score (nSPS) is 16.1. The molecule has 2 aliphatic rings. The fraction of sp³-hybridized carbons (Fsp3) is 0.526. The van der Waals surface area contributed by atoms with Gasteiger partial charge in [-0.25, -0.2) is 0 Å². The van der Waals surface area contributed by atoms with Crippen LogP contribution in [0.25, 0.3) is 0 Å². The van der Waals surface area contributed by atoms with Crippen molar-refractivity contribution in [3.05, 3.63) is 29.3 Å². The van der Waals surface area contributed by atoms with Crippen LogP contribution in [0.15, 0.2) is 18.2 Å². The third-order valence-electron chi connectivity index (χ3n) is 4.60. The van der Waals surface area contributed by atoms with E-state index in [1.165, 1.54) is 5.56 Å². The summed E-state index contributed by atoms with van der Waals surface area (Å²) < 4.78 is 4.82. The maximum atomic E-state index is 12.2. The molecule has 6 nitrogen and oxygen atoms in total. The van der Waals surface area contributed by atoms with E-state index in [-0.39, 0.29) is 36.5 Å². The van der Waals surface area contributed by atoms with Gasteiger partial charge in [-0.1, -0.05) is 6.07 Å². The highest BCUT2D eigenvalue weighted by atomic mass is 16.5. The number of esters is 1. The number of ether oxygens (including phenoxy) is 1. The summed E-state index contributed by atoms with van der Waals surface area (Å²) in [4.78, 5) is 37.5. The number of carbonyl (C=O) groups is 3. The molecule has 1 aliphatic heterocycles. The van der Waals surface area contributed by atoms with Gasteiger partial charge in [0.2, 0.25) is 11.8 Å². The highest BCUT2D eigenvalue weighted by molar-refractivity contribution is 5.92. The zero-order valence-electron chi connectivity index (χ0n) is 14.5. The summed E-state index contributed by atoms with van der Waals surface area (Å²) in [5.74, 6) is -0.0890. The maximum Gasteiger partial charge on any atom is 0.306 e. The lowest BCUT2D eigenvalue weighted by Gasteiger charge is -2.29. The molecule has 0 bridgehead atoms. The van der Waals surface area contributed by atoms with E-state index < -0.39 is 0 Å². The Hall–Kier alpha value is -2.37. The van der Waals surface area contributed by atoms with Gasteiger partial charge < -0.3 is 15.0 Å². The summed E-state index contributed by atoms with van der Waals surface area (Å²) in [5.41, 5.74) is 3.01. The summed E-state index contributed by atoms with van der Waals surface area (Å²) in [6, 6.07) is 5.82. The van der Waals surface area contributed by atoms with Gasteiger partial charge in [0.25, 0.3) is 0 Å². The summed E-state index contributed by atoms with van der Waals surface area (Å²) in [5, 5.41) is 2.82. The van der Waals surface area contributed by atoms with Crippen molar-refractivity contribution in [2.24, 2.45) is 5.92 Å². The highest BCUT2D eigenvalue weighted by Crippen LogP contribution is 2.33. The summed E-state index contributed by atoms with van der Waals surface area (Å²) in [7, 11) is 0. The molecule has 1 aromatic carbocycles. The second kappa shape index (κ2) is 7.68. The van der Waals surface area contributed by atoms with E-state index in [0.29, 0.717) is 18.8 Å². The van der Waals surface area contributed by atoms with Crippen molar-refractivity contribution >= 4 is 23.5 Å². The molecular formula is C19H24N2O4. The van der Waals surface area contributed by atoms with Gasteiger partial charge in [0.05, 0.1) is 13.0 Å². The number of anilines is 1. The topological polar surface area (TPSA) is 75.7 Å². The van der Waals surface area contributed by atoms with E-state index in [0.717, 1.165) is 31.4 Å². The van der Waals surface area contributed by atoms with Crippen molar-refractivity contribution in [1.29, 1.82) is 0 Å². The van der Waals surface area contributed by atoms with Crippen LogP contribution in [0.5, 0.6) is 0 Å². The molecule has 0 aromatic heterocycles. The molecule has 134 valence electrons. The fourth-order valence-corrected chi connectivity index (χ4v) is 3.08. The van der Waals surface area contributed by atoms with Gasteiger partial charge in [0, 0.05) is 31.1 Å². The average Bonchev–Trinajstić information content (AvgIpc) is 3.44. The lowest BCUT2D eigenvalue weighted by Crippen LogP contribution is -2.36. The van der Waals surface area contributed by atoms with Crippen LogP contribution in [0, 0.1) is 5.92 Å². The van der Waals surface area contributed by atoms with Crippen molar-refractivity contribution in [1.82, 2.24) is 4.90 Å². The van der Waals surface area contributed by atoms with Crippen LogP contribution in [0.4, 0.5) is 5.69 Å². The van der Waals surface area contributed by atoms with Crippen LogP contribution >= 0.6 is 0 Å². The quantitative estimate of drug-likeness (QED) is 0.803. The zero-order valence-corrected chi connectivity index (χ0v) is 14.5. The first-order valence-electron chi connectivity index (χ1n) is 8.93. The molecule has 0 atom stereocenters. The Bertz CT molecular complexity index is 682. The van der Waals surface area contributed by atoms with Crippen molar-refractivity contribution in [3.8, 4) is 0 Å². The van der Waals surface area contributed by atoms with E-state index >= 15 is 0 Å². The molecule has 1 saturated carbocycles. The van der Waals surface area contributed by atoms with Gasteiger partial charge in [0.1, 0.15) is 0 Å². The predicted octanol–water partition coefficient (Wildman–Crippen LogP) is 2.26. The Morgan fingerprint density at radius 1 is 1.20 bits per heavy atom. The van der Waals surface area contributed by atoms with Crippen molar-refractivity contribution in [2.45, 2.75) is 45.6 Å². The smallest absolute Gasteiger partial charge is 0.306 e. The van der Waals surface area contributed by atoms with E-state index in [2.05, 4.69) is 5.32 Å². The Morgan fingerprint density at radius 3 is 2.72 bits per heavy atom. The second-order valence-electron chi connectivity index (χ2n) is 6.62. The largest absolute Gasteiger partial charge is 0.466 e. The minimum atomic E-state index is -0.364. The minimum Gasteiger partial charge on any atom is -0.466 e. The fourth-order valence-electron chi connectivity index (χ4n) is 3.08. The molecule has 1 N–H and O–H groups in total. The van der Waals surface area contributed by atoms with Gasteiger partial charge in [-0.05, 0) is 49.4 Å². The first-order valence-corrected chi connectivity index (χ1v) is 8.93. The van der Waals surface area contributed by atoms with Crippen molar-refractivity contribution in [2.75, 3.05) is 18.5 Å². The number of carbonyl (C=O) groups excluding carboxylic acids is 3. The van der Waals surface area contributed by atoms with Gasteiger partial charge in [-0.15, -0.1) is 0 Å². The number of fused-ring (bicyclic) bond motifs is 1. The monoisotopic (exact) mass is 344 g/mol. The van der Waals surface area contributed by atoms with E-state index in [4.69, 9.17) is 4.74 Å². The number of rotatable bonds is 6. The standard InChI is InChI=1S/C19H24N2O4/c1-2-25-18(23)8-7-17(22)20-16-6-5-13-9-10-21(12-15(13)11-16)19(24)14-3-4-14/h5-6,11,14H,2-4,7-10,12H2,1H3,(H,20,22). The van der Waals surface area contributed by atoms with Crippen LogP contribution in [0.3, 0.4) is 0 Å². The van der Waals surface area contributed by atoms with Crippen LogP contribution in [-0.2, 0) is 32.1 Å². The Kier molecular flexibility index (Phi) is 5.36. The number of amides is 2. The SMILES string of the molecule is CCOC(=O)CCC(=O)Nc1ccc2c(c1)CN(C(=O)C1CC1)CC2. The van der Waals surface area contributed by atoms with Gasteiger partial charge in [-0.2, -0.15) is 0 Å². The van der Waals surface area contributed by atoms with Crippen LogP contribution in [0.2, 0.25) is 0 Å². The third-order valence-corrected chi connectivity index (χ3v) is 4.60. The second-order valence-corrected chi connectivity index (χ2v) is 6.62. The number of hydrogen-bond acceptors (Lipinski definition) is 4. The van der Waals surface area contributed by atoms with Gasteiger partial charge >= 0.3 is 5.97 Å². The number of benzene rings is 1. The molecule has 1 aromatic rings.